The summed E-state index contributed by atoms with van der Waals surface area (Å²) in [6.07, 6.45) is 2.12. The number of aromatic nitrogens is 2. The summed E-state index contributed by atoms with van der Waals surface area (Å²) in [5, 5.41) is 6.06. The molecule has 2 N–H and O–H groups in total. The fourth-order valence-electron chi connectivity index (χ4n) is 3.45. The minimum atomic E-state index is -0.394. The lowest BCUT2D eigenvalue weighted by Crippen LogP contribution is -2.52. The normalized spacial score (nSPS) is 17.6. The number of amides is 2. The molecule has 2 aromatic rings. The van der Waals surface area contributed by atoms with Gasteiger partial charge in [0.25, 0.3) is 11.1 Å². The maximum Gasteiger partial charge on any atom is 0.273 e. The van der Waals surface area contributed by atoms with Crippen molar-refractivity contribution in [2.75, 3.05) is 32.7 Å². The number of aromatic amines is 1. The number of fused-ring (bicyclic) bond motifs is 1. The Hall–Kier alpha value is -2.94. The van der Waals surface area contributed by atoms with Gasteiger partial charge in [-0.15, -0.1) is 0 Å². The van der Waals surface area contributed by atoms with Gasteiger partial charge in [0.15, 0.2) is 0 Å². The Labute approximate surface area is 160 Å². The van der Waals surface area contributed by atoms with Crippen molar-refractivity contribution < 1.29 is 9.59 Å². The van der Waals surface area contributed by atoms with Crippen molar-refractivity contribution in [1.29, 1.82) is 0 Å². The molecule has 2 amide bonds. The van der Waals surface area contributed by atoms with Gasteiger partial charge in [-0.25, -0.2) is 4.68 Å². The maximum atomic E-state index is 12.6. The Morgan fingerprint density at radius 2 is 1.68 bits per heavy atom. The number of hydrogen-bond acceptors (Lipinski definition) is 5. The van der Waals surface area contributed by atoms with Crippen LogP contribution in [-0.4, -0.2) is 70.2 Å². The number of hydrogen-bond donors (Lipinski definition) is 2. The van der Waals surface area contributed by atoms with E-state index in [1.165, 1.54) is 0 Å². The first-order valence-corrected chi connectivity index (χ1v) is 9.52. The number of benzene rings is 1. The molecule has 0 unspecified atom stereocenters. The molecule has 2 heterocycles. The van der Waals surface area contributed by atoms with Gasteiger partial charge in [0.2, 0.25) is 11.8 Å². The van der Waals surface area contributed by atoms with Gasteiger partial charge in [0.05, 0.1) is 17.3 Å². The molecule has 0 bridgehead atoms. The Morgan fingerprint density at radius 3 is 2.36 bits per heavy atom. The van der Waals surface area contributed by atoms with Crippen LogP contribution in [0.4, 0.5) is 0 Å². The van der Waals surface area contributed by atoms with Crippen LogP contribution in [0.3, 0.4) is 0 Å². The average Bonchev–Trinajstić information content (AvgIpc) is 3.50. The number of carbonyl (C=O) groups is 2. The molecular formula is C19H23N5O4. The summed E-state index contributed by atoms with van der Waals surface area (Å²) in [4.78, 5) is 52.9. The predicted octanol–water partition coefficient (Wildman–Crippen LogP) is -0.887. The molecule has 0 atom stereocenters. The molecular weight excluding hydrogens is 362 g/mol. The number of piperazine rings is 1. The molecule has 9 nitrogen and oxygen atoms in total. The van der Waals surface area contributed by atoms with E-state index < -0.39 is 5.56 Å². The van der Waals surface area contributed by atoms with E-state index in [2.05, 4.69) is 10.4 Å². The molecule has 1 aliphatic carbocycles. The van der Waals surface area contributed by atoms with Crippen LogP contribution in [0.1, 0.15) is 12.8 Å². The highest BCUT2D eigenvalue weighted by Gasteiger charge is 2.26. The van der Waals surface area contributed by atoms with Crippen LogP contribution in [0.5, 0.6) is 0 Å². The zero-order valence-electron chi connectivity index (χ0n) is 15.5. The van der Waals surface area contributed by atoms with E-state index in [0.29, 0.717) is 49.5 Å². The molecule has 2 fully saturated rings. The number of rotatable bonds is 5. The highest BCUT2D eigenvalue weighted by atomic mass is 16.2. The van der Waals surface area contributed by atoms with Crippen molar-refractivity contribution in [3.8, 4) is 0 Å². The number of nitrogens with one attached hydrogen (secondary N) is 2. The predicted molar refractivity (Wildman–Crippen MR) is 103 cm³/mol. The van der Waals surface area contributed by atoms with Gasteiger partial charge in [-0.2, -0.15) is 0 Å². The largest absolute Gasteiger partial charge is 0.352 e. The summed E-state index contributed by atoms with van der Waals surface area (Å²) in [6, 6.07) is 6.89. The van der Waals surface area contributed by atoms with Crippen molar-refractivity contribution >= 4 is 22.6 Å². The van der Waals surface area contributed by atoms with E-state index in [9.17, 15) is 19.2 Å². The molecule has 148 valence electrons. The van der Waals surface area contributed by atoms with Crippen LogP contribution in [0, 0.1) is 0 Å². The van der Waals surface area contributed by atoms with E-state index in [-0.39, 0.29) is 23.9 Å². The number of H-pyrrole nitrogens is 1. The van der Waals surface area contributed by atoms with Crippen molar-refractivity contribution in [1.82, 2.24) is 24.9 Å². The van der Waals surface area contributed by atoms with Crippen LogP contribution in [0.2, 0.25) is 0 Å². The molecule has 1 aromatic heterocycles. The lowest BCUT2D eigenvalue weighted by molar-refractivity contribution is -0.134. The first kappa shape index (κ1) is 18.4. The van der Waals surface area contributed by atoms with Gasteiger partial charge in [0, 0.05) is 32.2 Å². The molecule has 2 aliphatic rings. The van der Waals surface area contributed by atoms with E-state index in [4.69, 9.17) is 0 Å². The lowest BCUT2D eigenvalue weighted by atomic mass is 10.2. The van der Waals surface area contributed by atoms with E-state index in [0.717, 1.165) is 17.5 Å². The molecule has 1 aromatic carbocycles. The highest BCUT2D eigenvalue weighted by Crippen LogP contribution is 2.18. The van der Waals surface area contributed by atoms with Crippen molar-refractivity contribution in [3.05, 3.63) is 45.0 Å². The summed E-state index contributed by atoms with van der Waals surface area (Å²) in [7, 11) is 0. The van der Waals surface area contributed by atoms with Gasteiger partial charge in [0.1, 0.15) is 6.54 Å². The summed E-state index contributed by atoms with van der Waals surface area (Å²) < 4.78 is 1.07. The van der Waals surface area contributed by atoms with Gasteiger partial charge in [-0.05, 0) is 25.0 Å². The van der Waals surface area contributed by atoms with Crippen molar-refractivity contribution in [2.45, 2.75) is 25.4 Å². The molecule has 1 aliphatic heterocycles. The zero-order valence-corrected chi connectivity index (χ0v) is 15.5. The maximum absolute atomic E-state index is 12.6. The third-order valence-corrected chi connectivity index (χ3v) is 5.21. The Morgan fingerprint density at radius 1 is 1.00 bits per heavy atom. The third-order valence-electron chi connectivity index (χ3n) is 5.21. The van der Waals surface area contributed by atoms with Crippen molar-refractivity contribution in [2.24, 2.45) is 0 Å². The Bertz CT molecular complexity index is 1010. The third kappa shape index (κ3) is 3.99. The minimum Gasteiger partial charge on any atom is -0.352 e. The first-order valence-electron chi connectivity index (χ1n) is 9.52. The first-order chi connectivity index (χ1) is 13.5. The zero-order chi connectivity index (χ0) is 19.7. The number of carbonyl (C=O) groups excluding carboxylic acids is 2. The van der Waals surface area contributed by atoms with Crippen LogP contribution < -0.4 is 16.4 Å². The summed E-state index contributed by atoms with van der Waals surface area (Å²) in [5.74, 6) is -0.197. The second-order valence-electron chi connectivity index (χ2n) is 7.38. The van der Waals surface area contributed by atoms with Gasteiger partial charge < -0.3 is 10.2 Å². The fraction of sp³-hybridized carbons (Fsp3) is 0.474. The summed E-state index contributed by atoms with van der Waals surface area (Å²) in [6.45, 7) is 2.32. The van der Waals surface area contributed by atoms with Gasteiger partial charge in [-0.1, -0.05) is 12.1 Å². The smallest absolute Gasteiger partial charge is 0.273 e. The summed E-state index contributed by atoms with van der Waals surface area (Å²) >= 11 is 0. The van der Waals surface area contributed by atoms with Crippen LogP contribution >= 0.6 is 0 Å². The highest BCUT2D eigenvalue weighted by molar-refractivity contribution is 5.81. The summed E-state index contributed by atoms with van der Waals surface area (Å²) in [5.41, 5.74) is -0.784. The van der Waals surface area contributed by atoms with Crippen LogP contribution in [0.15, 0.2) is 33.9 Å². The number of nitrogens with zero attached hydrogens (tertiary/aromatic N) is 3. The monoisotopic (exact) mass is 385 g/mol. The SMILES string of the molecule is O=C(CN1CCN(C(=O)Cn2[nH]c(=O)c3ccccc3c2=O)CC1)NC1CC1. The van der Waals surface area contributed by atoms with E-state index >= 15 is 0 Å². The molecule has 1 saturated carbocycles. The second kappa shape index (κ2) is 7.59. The molecule has 1 saturated heterocycles. The molecule has 9 heteroatoms. The molecule has 0 radical (unpaired) electrons. The van der Waals surface area contributed by atoms with E-state index in [1.807, 2.05) is 4.90 Å². The standard InChI is InChI=1S/C19H23N5O4/c25-16(20-13-5-6-13)11-22-7-9-23(10-8-22)17(26)12-24-19(28)15-4-2-1-3-14(15)18(27)21-24/h1-4,13H,5-12H2,(H,20,25)(H,21,27). The lowest BCUT2D eigenvalue weighted by Gasteiger charge is -2.34. The Balaban J connectivity index is 1.36. The fourth-order valence-corrected chi connectivity index (χ4v) is 3.45. The average molecular weight is 385 g/mol. The van der Waals surface area contributed by atoms with Gasteiger partial charge >= 0.3 is 0 Å². The topological polar surface area (TPSA) is 108 Å². The van der Waals surface area contributed by atoms with Gasteiger partial charge in [-0.3, -0.25) is 29.2 Å². The molecule has 28 heavy (non-hydrogen) atoms. The minimum absolute atomic E-state index is 0.0302. The van der Waals surface area contributed by atoms with E-state index in [1.54, 1.807) is 29.2 Å². The quantitative estimate of drug-likeness (QED) is 0.695. The van der Waals surface area contributed by atoms with Crippen LogP contribution in [-0.2, 0) is 16.1 Å². The van der Waals surface area contributed by atoms with Crippen molar-refractivity contribution in [3.63, 3.8) is 0 Å². The Kier molecular flexibility index (Phi) is 4.99. The molecule has 0 spiro atoms. The van der Waals surface area contributed by atoms with Crippen LogP contribution in [0.25, 0.3) is 10.8 Å². The second-order valence-corrected chi connectivity index (χ2v) is 7.38. The molecule has 4 rings (SSSR count).